The summed E-state index contributed by atoms with van der Waals surface area (Å²) in [5.41, 5.74) is 2.17. The van der Waals surface area contributed by atoms with Gasteiger partial charge in [-0.2, -0.15) is 0 Å². The van der Waals surface area contributed by atoms with Gasteiger partial charge in [0.1, 0.15) is 0 Å². The van der Waals surface area contributed by atoms with Gasteiger partial charge in [-0.15, -0.1) is 0 Å². The Balaban J connectivity index is 1.86. The van der Waals surface area contributed by atoms with Gasteiger partial charge in [0.25, 0.3) is 0 Å². The van der Waals surface area contributed by atoms with Crippen molar-refractivity contribution in [3.05, 3.63) is 59.8 Å². The molecule has 1 aromatic heterocycles. The van der Waals surface area contributed by atoms with Gasteiger partial charge in [0.2, 0.25) is 5.88 Å². The molecule has 2 atom stereocenters. The van der Waals surface area contributed by atoms with Gasteiger partial charge in [-0.25, -0.2) is 4.98 Å². The summed E-state index contributed by atoms with van der Waals surface area (Å²) in [5, 5.41) is 16.3. The topological polar surface area (TPSA) is 78.8 Å². The van der Waals surface area contributed by atoms with Crippen LogP contribution in [0.25, 0.3) is 0 Å². The molecule has 6 nitrogen and oxygen atoms in total. The second-order valence-corrected chi connectivity index (χ2v) is 7.66. The van der Waals surface area contributed by atoms with Crippen molar-refractivity contribution < 1.29 is 9.84 Å². The minimum absolute atomic E-state index is 0.0122. The maximum atomic E-state index is 9.71. The molecule has 0 spiro atoms. The standard InChI is InChI=1S/C23H34N4O2/c1-17(2)12-18(3)29-22-13-19(10-11-25-22)14-26-23(24-4)27-15-21(16-28)20-8-6-5-7-9-20/h5-11,13,17-18,21,28H,12,14-16H2,1-4H3,(H2,24,26,27). The molecule has 6 heteroatoms. The van der Waals surface area contributed by atoms with Crippen LogP contribution in [0.1, 0.15) is 44.2 Å². The van der Waals surface area contributed by atoms with E-state index < -0.39 is 0 Å². The second kappa shape index (κ2) is 12.1. The average Bonchev–Trinajstić information content (AvgIpc) is 2.71. The van der Waals surface area contributed by atoms with E-state index in [1.165, 1.54) is 0 Å². The van der Waals surface area contributed by atoms with E-state index in [4.69, 9.17) is 4.74 Å². The molecule has 0 saturated heterocycles. The van der Waals surface area contributed by atoms with Crippen molar-refractivity contribution in [3.63, 3.8) is 0 Å². The number of aliphatic imine (C=N–C) groups is 1. The molecule has 0 aliphatic rings. The molecular formula is C23H34N4O2. The second-order valence-electron chi connectivity index (χ2n) is 7.66. The number of guanidine groups is 1. The number of hydrogen-bond acceptors (Lipinski definition) is 4. The van der Waals surface area contributed by atoms with Crippen molar-refractivity contribution in [2.45, 2.75) is 45.8 Å². The number of nitrogens with zero attached hydrogens (tertiary/aromatic N) is 2. The Morgan fingerprint density at radius 2 is 1.90 bits per heavy atom. The van der Waals surface area contributed by atoms with Gasteiger partial charge in [-0.05, 0) is 36.5 Å². The summed E-state index contributed by atoms with van der Waals surface area (Å²) in [7, 11) is 1.74. The summed E-state index contributed by atoms with van der Waals surface area (Å²) in [6.07, 6.45) is 2.89. The Morgan fingerprint density at radius 1 is 1.14 bits per heavy atom. The van der Waals surface area contributed by atoms with Gasteiger partial charge in [-0.3, -0.25) is 4.99 Å². The third-order valence-corrected chi connectivity index (χ3v) is 4.62. The van der Waals surface area contributed by atoms with Crippen LogP contribution in [-0.2, 0) is 6.54 Å². The summed E-state index contributed by atoms with van der Waals surface area (Å²) in [6, 6.07) is 13.9. The fourth-order valence-corrected chi connectivity index (χ4v) is 3.18. The van der Waals surface area contributed by atoms with Crippen LogP contribution in [0, 0.1) is 5.92 Å². The molecule has 0 aliphatic heterocycles. The normalized spacial score (nSPS) is 13.8. The summed E-state index contributed by atoms with van der Waals surface area (Å²) >= 11 is 0. The predicted octanol–water partition coefficient (Wildman–Crippen LogP) is 3.34. The van der Waals surface area contributed by atoms with Gasteiger partial charge < -0.3 is 20.5 Å². The monoisotopic (exact) mass is 398 g/mol. The molecule has 2 rings (SSSR count). The molecule has 0 amide bonds. The van der Waals surface area contributed by atoms with Crippen molar-refractivity contribution in [1.29, 1.82) is 0 Å². The van der Waals surface area contributed by atoms with Crippen LogP contribution in [0.5, 0.6) is 5.88 Å². The molecular weight excluding hydrogens is 364 g/mol. The van der Waals surface area contributed by atoms with Gasteiger partial charge in [0.15, 0.2) is 5.96 Å². The van der Waals surface area contributed by atoms with Crippen LogP contribution in [0.2, 0.25) is 0 Å². The van der Waals surface area contributed by atoms with Crippen LogP contribution < -0.4 is 15.4 Å². The van der Waals surface area contributed by atoms with E-state index in [1.807, 2.05) is 42.5 Å². The van der Waals surface area contributed by atoms with E-state index in [1.54, 1.807) is 13.2 Å². The zero-order valence-electron chi connectivity index (χ0n) is 17.9. The Morgan fingerprint density at radius 3 is 2.55 bits per heavy atom. The lowest BCUT2D eigenvalue weighted by molar-refractivity contribution is 0.185. The van der Waals surface area contributed by atoms with E-state index in [2.05, 4.69) is 41.4 Å². The molecule has 0 radical (unpaired) electrons. The smallest absolute Gasteiger partial charge is 0.213 e. The Hall–Kier alpha value is -2.60. The summed E-state index contributed by atoms with van der Waals surface area (Å²) in [6.45, 7) is 7.72. The molecule has 29 heavy (non-hydrogen) atoms. The molecule has 3 N–H and O–H groups in total. The zero-order valence-corrected chi connectivity index (χ0v) is 17.9. The lowest BCUT2D eigenvalue weighted by Gasteiger charge is -2.18. The van der Waals surface area contributed by atoms with Crippen molar-refractivity contribution in [3.8, 4) is 5.88 Å². The van der Waals surface area contributed by atoms with Gasteiger partial charge >= 0.3 is 0 Å². The highest BCUT2D eigenvalue weighted by Crippen LogP contribution is 2.15. The van der Waals surface area contributed by atoms with Gasteiger partial charge in [-0.1, -0.05) is 44.2 Å². The van der Waals surface area contributed by atoms with Crippen LogP contribution in [0.4, 0.5) is 0 Å². The summed E-state index contributed by atoms with van der Waals surface area (Å²) < 4.78 is 5.93. The molecule has 0 fully saturated rings. The molecule has 158 valence electrons. The fraction of sp³-hybridized carbons (Fsp3) is 0.478. The number of aliphatic hydroxyl groups excluding tert-OH is 1. The average molecular weight is 399 g/mol. The number of rotatable bonds is 10. The van der Waals surface area contributed by atoms with Gasteiger partial charge in [0.05, 0.1) is 12.7 Å². The number of aromatic nitrogens is 1. The highest BCUT2D eigenvalue weighted by molar-refractivity contribution is 5.79. The van der Waals surface area contributed by atoms with E-state index >= 15 is 0 Å². The molecule has 1 aromatic carbocycles. The molecule has 0 bridgehead atoms. The fourth-order valence-electron chi connectivity index (χ4n) is 3.18. The first-order chi connectivity index (χ1) is 14.0. The first-order valence-electron chi connectivity index (χ1n) is 10.2. The van der Waals surface area contributed by atoms with E-state index in [-0.39, 0.29) is 18.6 Å². The number of aliphatic hydroxyl groups is 1. The van der Waals surface area contributed by atoms with Crippen LogP contribution in [-0.4, -0.2) is 42.4 Å². The highest BCUT2D eigenvalue weighted by atomic mass is 16.5. The van der Waals surface area contributed by atoms with Crippen LogP contribution in [0.3, 0.4) is 0 Å². The van der Waals surface area contributed by atoms with Crippen molar-refractivity contribution in [2.24, 2.45) is 10.9 Å². The number of hydrogen-bond donors (Lipinski definition) is 3. The van der Waals surface area contributed by atoms with Crippen molar-refractivity contribution >= 4 is 5.96 Å². The Labute approximate surface area is 174 Å². The molecule has 1 heterocycles. The highest BCUT2D eigenvalue weighted by Gasteiger charge is 2.11. The predicted molar refractivity (Wildman–Crippen MR) is 118 cm³/mol. The van der Waals surface area contributed by atoms with Crippen LogP contribution >= 0.6 is 0 Å². The van der Waals surface area contributed by atoms with Crippen molar-refractivity contribution in [1.82, 2.24) is 15.6 Å². The van der Waals surface area contributed by atoms with E-state index in [9.17, 15) is 5.11 Å². The first-order valence-corrected chi connectivity index (χ1v) is 10.2. The first kappa shape index (κ1) is 22.7. The molecule has 2 unspecified atom stereocenters. The van der Waals surface area contributed by atoms with Crippen LogP contribution in [0.15, 0.2) is 53.7 Å². The summed E-state index contributed by atoms with van der Waals surface area (Å²) in [4.78, 5) is 8.59. The van der Waals surface area contributed by atoms with E-state index in [0.29, 0.717) is 30.8 Å². The lowest BCUT2D eigenvalue weighted by atomic mass is 10.0. The quantitative estimate of drug-likeness (QED) is 0.423. The lowest BCUT2D eigenvalue weighted by Crippen LogP contribution is -2.39. The molecule has 0 aliphatic carbocycles. The zero-order chi connectivity index (χ0) is 21.1. The third-order valence-electron chi connectivity index (χ3n) is 4.62. The summed E-state index contributed by atoms with van der Waals surface area (Å²) in [5.74, 6) is 1.93. The third kappa shape index (κ3) is 8.11. The number of nitrogens with one attached hydrogen (secondary N) is 2. The Kier molecular flexibility index (Phi) is 9.44. The van der Waals surface area contributed by atoms with Gasteiger partial charge in [0, 0.05) is 38.3 Å². The van der Waals surface area contributed by atoms with Crippen molar-refractivity contribution in [2.75, 3.05) is 20.2 Å². The minimum atomic E-state index is 0.0122. The maximum absolute atomic E-state index is 9.71. The minimum Gasteiger partial charge on any atom is -0.475 e. The maximum Gasteiger partial charge on any atom is 0.213 e. The van der Waals surface area contributed by atoms with E-state index in [0.717, 1.165) is 17.5 Å². The Bertz CT molecular complexity index is 750. The largest absolute Gasteiger partial charge is 0.475 e. The number of benzene rings is 1. The molecule has 0 saturated carbocycles. The SMILES string of the molecule is CN=C(NCc1ccnc(OC(C)CC(C)C)c1)NCC(CO)c1ccccc1. The number of pyridine rings is 1. The molecule has 2 aromatic rings. The number of ether oxygens (including phenoxy) is 1.